The number of nitrogens with two attached hydrogens (primary N) is 3. The number of carboxylic acids is 3. The van der Waals surface area contributed by atoms with E-state index >= 15 is 33.6 Å². The van der Waals surface area contributed by atoms with Gasteiger partial charge >= 0.3 is 17.9 Å². The molecule has 0 unspecified atom stereocenters. The number of carbonyl (C=O) groups excluding carboxylic acids is 16. The molecule has 43 heteroatoms. The molecule has 14 amide bonds. The molecule has 8 rings (SSSR count). The van der Waals surface area contributed by atoms with Crippen molar-refractivity contribution >= 4 is 146 Å². The molecular formula is C90H124N18O24S. The summed E-state index contributed by atoms with van der Waals surface area (Å²) in [5.41, 5.74) is 20.2. The Kier molecular flexibility index (Phi) is 40.2. The number of hydrogen-bond donors (Lipinski definition) is 17. The van der Waals surface area contributed by atoms with Gasteiger partial charge in [-0.2, -0.15) is 0 Å². The first-order chi connectivity index (χ1) is 63.3. The second kappa shape index (κ2) is 50.6. The highest BCUT2D eigenvalue weighted by molar-refractivity contribution is 8.00. The molecule has 3 aliphatic rings. The van der Waals surface area contributed by atoms with Gasteiger partial charge in [0.05, 0.1) is 43.4 Å². The summed E-state index contributed by atoms with van der Waals surface area (Å²) in [5.74, 6) is -22.2. The summed E-state index contributed by atoms with van der Waals surface area (Å²) in [6, 6.07) is -0.424. The third-order valence-corrected chi connectivity index (χ3v) is 25.2. The topological polar surface area (TPSA) is 637 Å². The minimum absolute atomic E-state index is 0.00000373. The van der Waals surface area contributed by atoms with Gasteiger partial charge in [0.1, 0.15) is 72.2 Å². The van der Waals surface area contributed by atoms with Gasteiger partial charge in [-0.3, -0.25) is 91.1 Å². The summed E-state index contributed by atoms with van der Waals surface area (Å²) in [7, 11) is 5.25. The highest BCUT2D eigenvalue weighted by Gasteiger charge is 2.47. The van der Waals surface area contributed by atoms with Crippen LogP contribution in [-0.2, 0) is 110 Å². The Labute approximate surface area is 772 Å². The highest BCUT2D eigenvalue weighted by Crippen LogP contribution is 2.29. The molecule has 0 bridgehead atoms. The summed E-state index contributed by atoms with van der Waals surface area (Å²) >= 11 is 0.769. The van der Waals surface area contributed by atoms with Gasteiger partial charge in [0.2, 0.25) is 82.7 Å². The number of nitrogens with one attached hydrogen (secondary N) is 10. The van der Waals surface area contributed by atoms with Crippen molar-refractivity contribution in [2.75, 3.05) is 65.9 Å². The van der Waals surface area contributed by atoms with E-state index in [-0.39, 0.29) is 77.3 Å². The third kappa shape index (κ3) is 29.5. The van der Waals surface area contributed by atoms with E-state index in [0.29, 0.717) is 57.1 Å². The van der Waals surface area contributed by atoms with Crippen LogP contribution in [0.1, 0.15) is 153 Å². The van der Waals surface area contributed by atoms with Crippen LogP contribution in [0.25, 0.3) is 21.8 Å². The maximum atomic E-state index is 15.8. The smallest absolute Gasteiger partial charge is 0.304 e. The van der Waals surface area contributed by atoms with Crippen LogP contribution >= 0.6 is 11.8 Å². The van der Waals surface area contributed by atoms with E-state index in [1.165, 1.54) is 35.2 Å². The van der Waals surface area contributed by atoms with Crippen molar-refractivity contribution in [3.05, 3.63) is 102 Å². The summed E-state index contributed by atoms with van der Waals surface area (Å²) < 4.78 is 5.33. The number of para-hydroxylation sites is 2. The molecule has 0 spiro atoms. The van der Waals surface area contributed by atoms with Gasteiger partial charge in [0.25, 0.3) is 0 Å². The van der Waals surface area contributed by atoms with E-state index in [0.717, 1.165) is 36.3 Å². The van der Waals surface area contributed by atoms with Crippen molar-refractivity contribution in [1.29, 1.82) is 0 Å². The summed E-state index contributed by atoms with van der Waals surface area (Å²) in [6.07, 6.45) is -4.40. The monoisotopic (exact) mass is 1870 g/mol. The first-order valence-corrected chi connectivity index (χ1v) is 45.7. The maximum Gasteiger partial charge on any atom is 0.304 e. The Morgan fingerprint density at radius 2 is 1.03 bits per heavy atom. The Bertz CT molecular complexity index is 5030. The first-order valence-electron chi connectivity index (χ1n) is 44.5. The van der Waals surface area contributed by atoms with Crippen molar-refractivity contribution in [2.45, 2.75) is 240 Å². The van der Waals surface area contributed by atoms with E-state index < -0.39 is 285 Å². The van der Waals surface area contributed by atoms with E-state index in [9.17, 15) is 78.0 Å². The fraction of sp³-hybridized carbons (Fsp3) is 0.544. The molecule has 15 atom stereocenters. The van der Waals surface area contributed by atoms with Gasteiger partial charge in [-0.05, 0) is 99.4 Å². The zero-order valence-corrected chi connectivity index (χ0v) is 76.5. The molecule has 3 saturated heterocycles. The second-order valence-corrected chi connectivity index (χ2v) is 34.8. The number of rotatable bonds is 28. The van der Waals surface area contributed by atoms with Crippen molar-refractivity contribution in [3.63, 3.8) is 0 Å². The van der Waals surface area contributed by atoms with Gasteiger partial charge in [-0.25, -0.2) is 0 Å². The number of hydrogen-bond acceptors (Lipinski definition) is 24. The molecule has 20 N–H and O–H groups in total. The van der Waals surface area contributed by atoms with Crippen LogP contribution in [0.2, 0.25) is 0 Å². The summed E-state index contributed by atoms with van der Waals surface area (Å²) in [5, 5.41) is 63.9. The summed E-state index contributed by atoms with van der Waals surface area (Å²) in [4.78, 5) is 285. The predicted molar refractivity (Wildman–Crippen MR) is 484 cm³/mol. The fourth-order valence-electron chi connectivity index (χ4n) is 16.5. The van der Waals surface area contributed by atoms with Crippen molar-refractivity contribution in [3.8, 4) is 5.75 Å². The zero-order valence-electron chi connectivity index (χ0n) is 75.7. The predicted octanol–water partition coefficient (Wildman–Crippen LogP) is -0.933. The first kappa shape index (κ1) is 105. The Morgan fingerprint density at radius 3 is 1.62 bits per heavy atom. The van der Waals surface area contributed by atoms with Crippen LogP contribution in [-0.4, -0.2) is 318 Å². The number of carboxylic acid groups (broad SMARTS) is 3. The number of amides is 14. The number of primary amides is 1. The van der Waals surface area contributed by atoms with Crippen molar-refractivity contribution in [1.82, 2.24) is 77.0 Å². The molecule has 0 saturated carbocycles. The summed E-state index contributed by atoms with van der Waals surface area (Å²) in [6.45, 7) is 3.38. The molecule has 0 aliphatic carbocycles. The number of methoxy groups -OCH3 is 1. The van der Waals surface area contributed by atoms with Crippen molar-refractivity contribution < 1.29 is 116 Å². The van der Waals surface area contributed by atoms with Crippen LogP contribution in [0.4, 0.5) is 0 Å². The second-order valence-electron chi connectivity index (χ2n) is 33.7. The number of thioether (sulfide) groups is 1. The number of unbranched alkanes of at least 4 members (excludes halogenated alkanes) is 2. The number of aliphatic hydroxyl groups is 1. The number of ketones is 2. The number of ether oxygens (including phenoxy) is 1. The quantitative estimate of drug-likeness (QED) is 0.0288. The Hall–Kier alpha value is -12.9. The molecule has 133 heavy (non-hydrogen) atoms. The highest BCUT2D eigenvalue weighted by atomic mass is 32.2. The van der Waals surface area contributed by atoms with Crippen LogP contribution in [0.3, 0.4) is 0 Å². The minimum Gasteiger partial charge on any atom is -0.497 e. The van der Waals surface area contributed by atoms with Crippen LogP contribution < -0.4 is 64.5 Å². The Morgan fingerprint density at radius 1 is 0.511 bits per heavy atom. The van der Waals surface area contributed by atoms with Crippen molar-refractivity contribution in [2.24, 2.45) is 23.1 Å². The largest absolute Gasteiger partial charge is 0.497 e. The fourth-order valence-corrected chi connectivity index (χ4v) is 17.4. The number of H-pyrrole nitrogens is 2. The van der Waals surface area contributed by atoms with E-state index in [1.54, 1.807) is 99.0 Å². The number of carbonyl (C=O) groups is 19. The number of aromatic nitrogens is 2. The van der Waals surface area contributed by atoms with Gasteiger partial charge in [-0.1, -0.05) is 88.1 Å². The molecule has 2 aromatic heterocycles. The van der Waals surface area contributed by atoms with E-state index in [2.05, 4.69) is 52.5 Å². The lowest BCUT2D eigenvalue weighted by Gasteiger charge is -2.36. The molecule has 0 radical (unpaired) electrons. The normalized spacial score (nSPS) is 25.0. The van der Waals surface area contributed by atoms with Crippen LogP contribution in [0.15, 0.2) is 85.2 Å². The van der Waals surface area contributed by atoms with Gasteiger partial charge in [0.15, 0.2) is 11.6 Å². The van der Waals surface area contributed by atoms with Gasteiger partial charge in [-0.15, -0.1) is 11.8 Å². The number of benzene rings is 3. The average molecular weight is 1870 g/mol. The number of Topliss-reactive ketones (excluding diaryl/α,β-unsaturated/α-hetero) is 2. The van der Waals surface area contributed by atoms with E-state index in [4.69, 9.17) is 21.9 Å². The SMILES string of the molecule is CCCC[C@H]1C(=O)N(C)[C@@H](CCCC)C(=O)N[C@@H](CCC(=O)O)C(=O)N[C@H](C(=O)CCC(N)=O)CSCC(=O)N[C@@H](Cc2ccc(OC)cc2)C(=O)N(C)[C@@H](C)C(=O)N[C@@H](CCN)C(=O)N2CCC[C@H]2C(=O)N[C@@H](CN)C(=O)N[C@@H](CCC(=O)O)C(=O)N2C[C@H](O)C[C@H]2C(=O)N[C@@H](Cc2c[nH]c3ccccc23)C(=O)C[C@@H](CC(=O)O)C(=O)N[C@@H](Cc2c[nH]c3ccccc23)C(=O)N1C. The molecule has 3 aromatic carbocycles. The zero-order chi connectivity index (χ0) is 97.6. The number of aromatic amines is 2. The van der Waals surface area contributed by atoms with Gasteiger partial charge < -0.3 is 119 Å². The number of likely N-dealkylation sites (N-methyl/N-ethyl adjacent to an activating group) is 3. The molecule has 3 aliphatic heterocycles. The molecule has 724 valence electrons. The molecule has 3 fully saturated rings. The number of aliphatic hydroxyl groups excluding tert-OH is 1. The van der Waals surface area contributed by atoms with Crippen LogP contribution in [0.5, 0.6) is 5.75 Å². The molecule has 42 nitrogen and oxygen atoms in total. The van der Waals surface area contributed by atoms with Crippen LogP contribution in [0, 0.1) is 5.92 Å². The molecule has 5 aromatic rings. The maximum absolute atomic E-state index is 15.8. The lowest BCUT2D eigenvalue weighted by Crippen LogP contribution is -2.61. The average Bonchev–Trinajstić information content (AvgIpc) is 1.54. The number of nitrogens with zero attached hydrogens (tertiary/aromatic N) is 5. The number of fused-ring (bicyclic) bond motifs is 4. The standard InChI is InChI=1S/C90H124N18O24S/c1-8-10-21-68-83(124)97-60(28-32-76(114)115)81(122)103-67(72(110)30-31-74(93)112)47-133-48-75(113)96-64(37-50-24-26-55(132-7)27-25-50)86(127)104(4)49(3)79(120)98-62(34-35-91)88(129)107-36-16-23-69(107)84(125)102-66(43-92)82(123)99-61(29-33-77(116)117)89(130)108-46-54(109)42-71(108)85(126)100-63(38-52-44-94-58-19-14-12-17-56(52)58)73(111)40-51(41-78(118)119)80(121)101-65(39-53-45-95-59-20-15-13-18-57(53)59)87(128)106(6)70(22-11-9-2)90(131)105(68)5/h12-15,17-20,24-27,44-45,49,51,54,60-71,94-95,109H,8-11,16,21-23,28-43,46-48,91-92H2,1-7H3,(H2,93,112)(H,96,113)(H,97,124)(H,98,120)(H,99,123)(H,100,126)(H,101,121)(H,102,125)(H,103,122)(H,114,115)(H,116,117)(H,118,119)/t49-,51-,54+,60-,61-,62-,63-,64-,65-,66-,67-,68-,69-,70-,71-/m0/s1. The minimum atomic E-state index is -1.85. The van der Waals surface area contributed by atoms with Gasteiger partial charge in [0, 0.05) is 139 Å². The lowest BCUT2D eigenvalue weighted by atomic mass is 9.91. The molecule has 5 heterocycles. The third-order valence-electron chi connectivity index (χ3n) is 24.2. The lowest BCUT2D eigenvalue weighted by molar-refractivity contribution is -0.150. The van der Waals surface area contributed by atoms with E-state index in [1.807, 2.05) is 0 Å². The Balaban J connectivity index is 1.20. The molecular weight excluding hydrogens is 1750 g/mol. The number of aliphatic carboxylic acids is 3.